The molecule has 3 nitrogen and oxygen atoms in total. The van der Waals surface area contributed by atoms with Crippen LogP contribution in [0.25, 0.3) is 0 Å². The summed E-state index contributed by atoms with van der Waals surface area (Å²) in [6, 6.07) is 0. The maximum atomic E-state index is 10.9. The third-order valence-electron chi connectivity index (χ3n) is 2.30. The highest BCUT2D eigenvalue weighted by Crippen LogP contribution is 2.20. The van der Waals surface area contributed by atoms with E-state index < -0.39 is 6.10 Å². The summed E-state index contributed by atoms with van der Waals surface area (Å²) >= 11 is 0. The Labute approximate surface area is 79.1 Å². The number of cyclic esters (lactones) is 1. The van der Waals surface area contributed by atoms with Crippen LogP contribution in [-0.2, 0) is 9.53 Å². The van der Waals surface area contributed by atoms with Gasteiger partial charge in [-0.1, -0.05) is 13.8 Å². The SMILES string of the molecule is CC(C)CCC1CC(O)CC(=O)O1. The number of hydrogen-bond donors (Lipinski definition) is 1. The smallest absolute Gasteiger partial charge is 0.308 e. The summed E-state index contributed by atoms with van der Waals surface area (Å²) in [5.41, 5.74) is 0. The van der Waals surface area contributed by atoms with Crippen LogP contribution in [0.4, 0.5) is 0 Å². The first-order valence-electron chi connectivity index (χ1n) is 4.95. The van der Waals surface area contributed by atoms with Crippen molar-refractivity contribution >= 4 is 5.97 Å². The maximum Gasteiger partial charge on any atom is 0.308 e. The Morgan fingerprint density at radius 2 is 2.31 bits per heavy atom. The lowest BCUT2D eigenvalue weighted by Gasteiger charge is -2.26. The molecule has 1 heterocycles. The Morgan fingerprint density at radius 1 is 1.62 bits per heavy atom. The summed E-state index contributed by atoms with van der Waals surface area (Å²) in [4.78, 5) is 10.9. The molecule has 1 rings (SSSR count). The van der Waals surface area contributed by atoms with Crippen molar-refractivity contribution in [1.82, 2.24) is 0 Å². The van der Waals surface area contributed by atoms with Gasteiger partial charge >= 0.3 is 5.97 Å². The summed E-state index contributed by atoms with van der Waals surface area (Å²) in [5.74, 6) is 0.366. The van der Waals surface area contributed by atoms with Gasteiger partial charge < -0.3 is 9.84 Å². The zero-order valence-electron chi connectivity index (χ0n) is 8.32. The second-order valence-corrected chi connectivity index (χ2v) is 4.18. The molecule has 1 fully saturated rings. The molecular weight excluding hydrogens is 168 g/mol. The quantitative estimate of drug-likeness (QED) is 0.679. The molecular formula is C10H18O3. The molecule has 0 saturated carbocycles. The summed E-state index contributed by atoms with van der Waals surface area (Å²) in [6.07, 6.45) is 2.15. The van der Waals surface area contributed by atoms with Crippen molar-refractivity contribution in [2.45, 2.75) is 51.7 Å². The fourth-order valence-electron chi connectivity index (χ4n) is 1.56. The van der Waals surface area contributed by atoms with E-state index in [-0.39, 0.29) is 18.5 Å². The second-order valence-electron chi connectivity index (χ2n) is 4.18. The molecule has 1 aliphatic heterocycles. The first-order chi connectivity index (χ1) is 6.08. The molecule has 0 aliphatic carbocycles. The van der Waals surface area contributed by atoms with Gasteiger partial charge in [0, 0.05) is 6.42 Å². The fourth-order valence-corrected chi connectivity index (χ4v) is 1.56. The van der Waals surface area contributed by atoms with Gasteiger partial charge in [0.2, 0.25) is 0 Å². The van der Waals surface area contributed by atoms with E-state index in [9.17, 15) is 9.90 Å². The molecule has 1 aliphatic rings. The average molecular weight is 186 g/mol. The molecule has 0 spiro atoms. The molecule has 1 N–H and O–H groups in total. The molecule has 2 unspecified atom stereocenters. The van der Waals surface area contributed by atoms with E-state index in [0.29, 0.717) is 12.3 Å². The van der Waals surface area contributed by atoms with Crippen LogP contribution in [0.2, 0.25) is 0 Å². The van der Waals surface area contributed by atoms with E-state index in [2.05, 4.69) is 13.8 Å². The van der Waals surface area contributed by atoms with Gasteiger partial charge in [0.1, 0.15) is 6.10 Å². The van der Waals surface area contributed by atoms with Crippen LogP contribution < -0.4 is 0 Å². The predicted molar refractivity (Wildman–Crippen MR) is 49.2 cm³/mol. The molecule has 13 heavy (non-hydrogen) atoms. The van der Waals surface area contributed by atoms with Crippen molar-refractivity contribution in [3.8, 4) is 0 Å². The standard InChI is InChI=1S/C10H18O3/c1-7(2)3-4-9-5-8(11)6-10(12)13-9/h7-9,11H,3-6H2,1-2H3. The van der Waals surface area contributed by atoms with Crippen molar-refractivity contribution in [3.63, 3.8) is 0 Å². The fraction of sp³-hybridized carbons (Fsp3) is 0.900. The third-order valence-corrected chi connectivity index (χ3v) is 2.30. The van der Waals surface area contributed by atoms with Crippen molar-refractivity contribution in [2.75, 3.05) is 0 Å². The summed E-state index contributed by atoms with van der Waals surface area (Å²) < 4.78 is 5.11. The Balaban J connectivity index is 2.29. The summed E-state index contributed by atoms with van der Waals surface area (Å²) in [5, 5.41) is 9.31. The average Bonchev–Trinajstić information content (AvgIpc) is 1.99. The van der Waals surface area contributed by atoms with Crippen molar-refractivity contribution in [1.29, 1.82) is 0 Å². The van der Waals surface area contributed by atoms with Gasteiger partial charge in [-0.2, -0.15) is 0 Å². The molecule has 0 radical (unpaired) electrons. The number of carbonyl (C=O) groups excluding carboxylic acids is 1. The first-order valence-corrected chi connectivity index (χ1v) is 4.95. The van der Waals surface area contributed by atoms with Gasteiger partial charge in [0.05, 0.1) is 12.5 Å². The highest BCUT2D eigenvalue weighted by atomic mass is 16.5. The number of esters is 1. The Kier molecular flexibility index (Phi) is 3.72. The van der Waals surface area contributed by atoms with Gasteiger partial charge in [-0.3, -0.25) is 4.79 Å². The van der Waals surface area contributed by atoms with Crippen LogP contribution >= 0.6 is 0 Å². The molecule has 0 aromatic heterocycles. The lowest BCUT2D eigenvalue weighted by atomic mass is 9.98. The van der Waals surface area contributed by atoms with E-state index in [1.165, 1.54) is 0 Å². The maximum absolute atomic E-state index is 10.9. The number of aliphatic hydroxyl groups excluding tert-OH is 1. The normalized spacial score (nSPS) is 29.1. The van der Waals surface area contributed by atoms with Gasteiger partial charge in [0.25, 0.3) is 0 Å². The first kappa shape index (κ1) is 10.5. The van der Waals surface area contributed by atoms with E-state index in [1.54, 1.807) is 0 Å². The monoisotopic (exact) mass is 186 g/mol. The van der Waals surface area contributed by atoms with Crippen LogP contribution in [0.5, 0.6) is 0 Å². The van der Waals surface area contributed by atoms with E-state index in [4.69, 9.17) is 4.74 Å². The topological polar surface area (TPSA) is 46.5 Å². The van der Waals surface area contributed by atoms with Crippen LogP contribution in [0.15, 0.2) is 0 Å². The highest BCUT2D eigenvalue weighted by molar-refractivity contribution is 5.70. The van der Waals surface area contributed by atoms with Crippen molar-refractivity contribution < 1.29 is 14.6 Å². The van der Waals surface area contributed by atoms with Gasteiger partial charge in [-0.15, -0.1) is 0 Å². The number of carbonyl (C=O) groups is 1. The van der Waals surface area contributed by atoms with Crippen molar-refractivity contribution in [2.24, 2.45) is 5.92 Å². The zero-order chi connectivity index (χ0) is 9.84. The minimum Gasteiger partial charge on any atom is -0.462 e. The lowest BCUT2D eigenvalue weighted by molar-refractivity contribution is -0.160. The highest BCUT2D eigenvalue weighted by Gasteiger charge is 2.26. The summed E-state index contributed by atoms with van der Waals surface area (Å²) in [7, 11) is 0. The molecule has 1 saturated heterocycles. The molecule has 0 amide bonds. The van der Waals surface area contributed by atoms with Crippen LogP contribution in [0.3, 0.4) is 0 Å². The molecule has 0 bridgehead atoms. The van der Waals surface area contributed by atoms with Crippen LogP contribution in [-0.4, -0.2) is 23.3 Å². The van der Waals surface area contributed by atoms with E-state index >= 15 is 0 Å². The van der Waals surface area contributed by atoms with E-state index in [1.807, 2.05) is 0 Å². The molecule has 3 heteroatoms. The number of aliphatic hydroxyl groups is 1. The van der Waals surface area contributed by atoms with Gasteiger partial charge in [-0.05, 0) is 18.8 Å². The molecule has 0 aromatic carbocycles. The van der Waals surface area contributed by atoms with Gasteiger partial charge in [0.15, 0.2) is 0 Å². The Bertz CT molecular complexity index is 177. The molecule has 0 aromatic rings. The minimum absolute atomic E-state index is 0.0568. The Hall–Kier alpha value is -0.570. The molecule has 76 valence electrons. The number of ether oxygens (including phenoxy) is 1. The predicted octanol–water partition coefficient (Wildman–Crippen LogP) is 1.49. The number of rotatable bonds is 3. The zero-order valence-corrected chi connectivity index (χ0v) is 8.32. The second kappa shape index (κ2) is 4.61. The lowest BCUT2D eigenvalue weighted by Crippen LogP contribution is -2.32. The Morgan fingerprint density at radius 3 is 2.85 bits per heavy atom. The minimum atomic E-state index is -0.488. The van der Waals surface area contributed by atoms with Crippen LogP contribution in [0, 0.1) is 5.92 Å². The largest absolute Gasteiger partial charge is 0.462 e. The van der Waals surface area contributed by atoms with Crippen LogP contribution in [0.1, 0.15) is 39.5 Å². The summed E-state index contributed by atoms with van der Waals surface area (Å²) in [6.45, 7) is 4.28. The molecule has 2 atom stereocenters. The van der Waals surface area contributed by atoms with Crippen molar-refractivity contribution in [3.05, 3.63) is 0 Å². The van der Waals surface area contributed by atoms with E-state index in [0.717, 1.165) is 12.8 Å². The third kappa shape index (κ3) is 3.77. The van der Waals surface area contributed by atoms with Gasteiger partial charge in [-0.25, -0.2) is 0 Å². The number of hydrogen-bond acceptors (Lipinski definition) is 3.